The Hall–Kier alpha value is -3.57. The number of anilines is 2. The highest BCUT2D eigenvalue weighted by Gasteiger charge is 2.40. The van der Waals surface area contributed by atoms with E-state index in [0.29, 0.717) is 34.2 Å². The molecular weight excluding hydrogens is 412 g/mol. The maximum atomic E-state index is 13.4. The molecule has 1 heterocycles. The Morgan fingerprint density at radius 2 is 1.52 bits per heavy atom. The van der Waals surface area contributed by atoms with E-state index in [2.05, 4.69) is 5.32 Å². The molecule has 0 saturated carbocycles. The fourth-order valence-corrected chi connectivity index (χ4v) is 3.53. The number of carbonyl (C=O) groups excluding carboxylic acids is 2. The molecule has 1 N–H and O–H groups in total. The first-order valence-corrected chi connectivity index (χ1v) is 10.3. The molecular formula is C25H21ClN2O3. The minimum Gasteiger partial charge on any atom is -0.494 e. The van der Waals surface area contributed by atoms with Crippen LogP contribution in [0.2, 0.25) is 5.02 Å². The van der Waals surface area contributed by atoms with Gasteiger partial charge in [0.25, 0.3) is 11.8 Å². The molecule has 0 radical (unpaired) electrons. The van der Waals surface area contributed by atoms with Gasteiger partial charge in [-0.15, -0.1) is 0 Å². The monoisotopic (exact) mass is 432 g/mol. The van der Waals surface area contributed by atoms with Gasteiger partial charge in [-0.1, -0.05) is 41.4 Å². The van der Waals surface area contributed by atoms with E-state index in [1.807, 2.05) is 38.1 Å². The van der Waals surface area contributed by atoms with Crippen LogP contribution in [0.1, 0.15) is 18.1 Å². The highest BCUT2D eigenvalue weighted by atomic mass is 35.5. The lowest BCUT2D eigenvalue weighted by Crippen LogP contribution is -2.32. The molecule has 0 aliphatic carbocycles. The van der Waals surface area contributed by atoms with Gasteiger partial charge in [0, 0.05) is 10.7 Å². The fraction of sp³-hybridized carbons (Fsp3) is 0.120. The highest BCUT2D eigenvalue weighted by Crippen LogP contribution is 2.34. The largest absolute Gasteiger partial charge is 0.494 e. The van der Waals surface area contributed by atoms with Crippen molar-refractivity contribution in [2.75, 3.05) is 16.8 Å². The molecule has 4 rings (SSSR count). The molecule has 0 atom stereocenters. The van der Waals surface area contributed by atoms with Crippen LogP contribution >= 0.6 is 11.6 Å². The van der Waals surface area contributed by atoms with Crippen molar-refractivity contribution in [3.63, 3.8) is 0 Å². The van der Waals surface area contributed by atoms with Crippen molar-refractivity contribution in [2.45, 2.75) is 13.8 Å². The molecule has 0 unspecified atom stereocenters. The Kier molecular flexibility index (Phi) is 5.78. The van der Waals surface area contributed by atoms with E-state index in [1.165, 1.54) is 4.90 Å². The van der Waals surface area contributed by atoms with E-state index in [9.17, 15) is 9.59 Å². The standard InChI is InChI=1S/C25H21ClN2O3/c1-3-31-21-14-6-17(7-15-21)22-23(27-19-10-4-16(2)5-11-19)25(30)28(24(22)29)20-12-8-18(26)9-13-20/h4-15,27H,3H2,1-2H3. The lowest BCUT2D eigenvalue weighted by atomic mass is 10.0. The van der Waals surface area contributed by atoms with E-state index in [1.54, 1.807) is 48.5 Å². The zero-order valence-electron chi connectivity index (χ0n) is 17.2. The number of hydrogen-bond acceptors (Lipinski definition) is 4. The zero-order valence-corrected chi connectivity index (χ0v) is 17.9. The van der Waals surface area contributed by atoms with Crippen LogP contribution in [0.25, 0.3) is 5.57 Å². The summed E-state index contributed by atoms with van der Waals surface area (Å²) in [4.78, 5) is 27.9. The van der Waals surface area contributed by atoms with Crippen LogP contribution in [-0.4, -0.2) is 18.4 Å². The summed E-state index contributed by atoms with van der Waals surface area (Å²) in [6.45, 7) is 4.44. The summed E-state index contributed by atoms with van der Waals surface area (Å²) in [5.41, 5.74) is 3.46. The maximum absolute atomic E-state index is 13.4. The van der Waals surface area contributed by atoms with Crippen molar-refractivity contribution in [2.24, 2.45) is 0 Å². The summed E-state index contributed by atoms with van der Waals surface area (Å²) in [7, 11) is 0. The van der Waals surface area contributed by atoms with E-state index in [0.717, 1.165) is 11.3 Å². The summed E-state index contributed by atoms with van der Waals surface area (Å²) in [5.74, 6) is -0.117. The van der Waals surface area contributed by atoms with Gasteiger partial charge in [-0.2, -0.15) is 0 Å². The van der Waals surface area contributed by atoms with Crippen molar-refractivity contribution >= 4 is 40.4 Å². The second-order valence-electron chi connectivity index (χ2n) is 7.12. The average molecular weight is 433 g/mol. The van der Waals surface area contributed by atoms with Crippen LogP contribution in [0.15, 0.2) is 78.5 Å². The van der Waals surface area contributed by atoms with Crippen molar-refractivity contribution in [1.29, 1.82) is 0 Å². The molecule has 0 bridgehead atoms. The van der Waals surface area contributed by atoms with Crippen LogP contribution in [-0.2, 0) is 9.59 Å². The molecule has 0 aromatic heterocycles. The van der Waals surface area contributed by atoms with Gasteiger partial charge in [0.1, 0.15) is 11.4 Å². The van der Waals surface area contributed by atoms with Crippen LogP contribution in [0, 0.1) is 6.92 Å². The number of amides is 2. The minimum atomic E-state index is -0.420. The van der Waals surface area contributed by atoms with Crippen molar-refractivity contribution < 1.29 is 14.3 Å². The van der Waals surface area contributed by atoms with Crippen molar-refractivity contribution in [1.82, 2.24) is 0 Å². The summed E-state index contributed by atoms with van der Waals surface area (Å²) in [6.07, 6.45) is 0. The SMILES string of the molecule is CCOc1ccc(C2=C(Nc3ccc(C)cc3)C(=O)N(c3ccc(Cl)cc3)C2=O)cc1. The Morgan fingerprint density at radius 3 is 2.13 bits per heavy atom. The average Bonchev–Trinajstić information content (AvgIpc) is 3.01. The van der Waals surface area contributed by atoms with Gasteiger partial charge < -0.3 is 10.1 Å². The number of nitrogens with one attached hydrogen (secondary N) is 1. The molecule has 1 aliphatic heterocycles. The normalized spacial score (nSPS) is 13.7. The Bertz CT molecular complexity index is 1150. The van der Waals surface area contributed by atoms with Crippen LogP contribution in [0.4, 0.5) is 11.4 Å². The minimum absolute atomic E-state index is 0.230. The summed E-state index contributed by atoms with van der Waals surface area (Å²) >= 11 is 5.98. The van der Waals surface area contributed by atoms with Crippen molar-refractivity contribution in [3.05, 3.63) is 94.6 Å². The summed E-state index contributed by atoms with van der Waals surface area (Å²) in [5, 5.41) is 3.69. The number of hydrogen-bond donors (Lipinski definition) is 1. The second-order valence-corrected chi connectivity index (χ2v) is 7.56. The van der Waals surface area contributed by atoms with Gasteiger partial charge in [-0.3, -0.25) is 9.59 Å². The van der Waals surface area contributed by atoms with Crippen LogP contribution in [0.5, 0.6) is 5.75 Å². The third-order valence-corrected chi connectivity index (χ3v) is 5.20. The third kappa shape index (κ3) is 4.18. The first kappa shape index (κ1) is 20.7. The van der Waals surface area contributed by atoms with Crippen LogP contribution in [0.3, 0.4) is 0 Å². The first-order chi connectivity index (χ1) is 15.0. The van der Waals surface area contributed by atoms with Gasteiger partial charge in [0.2, 0.25) is 0 Å². The number of aryl methyl sites for hydroxylation is 1. The Balaban J connectivity index is 1.78. The second kappa shape index (κ2) is 8.66. The first-order valence-electron chi connectivity index (χ1n) is 9.93. The molecule has 1 aliphatic rings. The van der Waals surface area contributed by atoms with E-state index in [-0.39, 0.29) is 5.70 Å². The summed E-state index contributed by atoms with van der Waals surface area (Å²) < 4.78 is 5.50. The van der Waals surface area contributed by atoms with Crippen LogP contribution < -0.4 is 15.0 Å². The predicted octanol–water partition coefficient (Wildman–Crippen LogP) is 5.44. The Labute approximate surface area is 185 Å². The molecule has 3 aromatic rings. The number of benzene rings is 3. The number of halogens is 1. The third-order valence-electron chi connectivity index (χ3n) is 4.94. The zero-order chi connectivity index (χ0) is 22.0. The number of ether oxygens (including phenoxy) is 1. The molecule has 0 fully saturated rings. The van der Waals surface area contributed by atoms with Gasteiger partial charge in [0.05, 0.1) is 17.9 Å². The van der Waals surface area contributed by atoms with Crippen molar-refractivity contribution in [3.8, 4) is 5.75 Å². The molecule has 6 heteroatoms. The van der Waals surface area contributed by atoms with Gasteiger partial charge >= 0.3 is 0 Å². The lowest BCUT2D eigenvalue weighted by molar-refractivity contribution is -0.120. The molecule has 2 amide bonds. The summed E-state index contributed by atoms with van der Waals surface area (Å²) in [6, 6.07) is 21.4. The smallest absolute Gasteiger partial charge is 0.282 e. The topological polar surface area (TPSA) is 58.6 Å². The fourth-order valence-electron chi connectivity index (χ4n) is 3.40. The van der Waals surface area contributed by atoms with Gasteiger partial charge in [-0.25, -0.2) is 4.90 Å². The molecule has 3 aromatic carbocycles. The maximum Gasteiger partial charge on any atom is 0.282 e. The quantitative estimate of drug-likeness (QED) is 0.526. The molecule has 5 nitrogen and oxygen atoms in total. The van der Waals surface area contributed by atoms with E-state index < -0.39 is 11.8 Å². The highest BCUT2D eigenvalue weighted by molar-refractivity contribution is 6.46. The number of rotatable bonds is 6. The lowest BCUT2D eigenvalue weighted by Gasteiger charge is -2.15. The molecule has 0 spiro atoms. The number of imide groups is 1. The molecule has 0 saturated heterocycles. The molecule has 156 valence electrons. The number of carbonyl (C=O) groups is 2. The number of nitrogens with zero attached hydrogens (tertiary/aromatic N) is 1. The van der Waals surface area contributed by atoms with Gasteiger partial charge in [-0.05, 0) is 67.9 Å². The van der Waals surface area contributed by atoms with E-state index >= 15 is 0 Å². The Morgan fingerprint density at radius 1 is 0.871 bits per heavy atom. The molecule has 31 heavy (non-hydrogen) atoms. The van der Waals surface area contributed by atoms with E-state index in [4.69, 9.17) is 16.3 Å². The predicted molar refractivity (Wildman–Crippen MR) is 123 cm³/mol. The van der Waals surface area contributed by atoms with Gasteiger partial charge in [0.15, 0.2) is 0 Å².